The van der Waals surface area contributed by atoms with E-state index in [0.29, 0.717) is 17.5 Å². The summed E-state index contributed by atoms with van der Waals surface area (Å²) in [6.45, 7) is 2.33. The molecule has 1 aromatic carbocycles. The zero-order valence-electron chi connectivity index (χ0n) is 12.0. The molecule has 0 atom stereocenters. The third-order valence-corrected chi connectivity index (χ3v) is 3.01. The van der Waals surface area contributed by atoms with E-state index in [2.05, 4.69) is 17.1 Å². The van der Waals surface area contributed by atoms with E-state index in [0.717, 1.165) is 29.7 Å². The summed E-state index contributed by atoms with van der Waals surface area (Å²) in [7, 11) is 3.26. The Morgan fingerprint density at radius 3 is 2.50 bits per heavy atom. The van der Waals surface area contributed by atoms with Crippen LogP contribution in [-0.4, -0.2) is 24.4 Å². The van der Waals surface area contributed by atoms with Crippen LogP contribution in [0.5, 0.6) is 11.5 Å². The second kappa shape index (κ2) is 6.38. The third kappa shape index (κ3) is 2.75. The van der Waals surface area contributed by atoms with Gasteiger partial charge in [-0.1, -0.05) is 18.5 Å². The summed E-state index contributed by atoms with van der Waals surface area (Å²) in [6.07, 6.45) is 1.94. The second-order valence-electron chi connectivity index (χ2n) is 4.33. The van der Waals surface area contributed by atoms with E-state index in [1.165, 1.54) is 0 Å². The first-order valence-corrected chi connectivity index (χ1v) is 6.51. The second-order valence-corrected chi connectivity index (χ2v) is 4.33. The van der Waals surface area contributed by atoms with Crippen molar-refractivity contribution in [1.29, 1.82) is 0 Å². The molecule has 2 aromatic rings. The van der Waals surface area contributed by atoms with Crippen molar-refractivity contribution in [1.82, 2.24) is 10.1 Å². The SMILES string of the molecule is CCCc1cc(OC)c(-c2noc(CN)n2)cc1OC. The summed E-state index contributed by atoms with van der Waals surface area (Å²) >= 11 is 0. The molecule has 0 spiro atoms. The quantitative estimate of drug-likeness (QED) is 0.871. The fraction of sp³-hybridized carbons (Fsp3) is 0.429. The zero-order chi connectivity index (χ0) is 14.5. The van der Waals surface area contributed by atoms with E-state index < -0.39 is 0 Å². The standard InChI is InChI=1S/C14H19N3O3/c1-4-5-9-6-12(19-3)10(7-11(9)18-2)14-16-13(8-15)20-17-14/h6-7H,4-5,8,15H2,1-3H3. The number of benzene rings is 1. The van der Waals surface area contributed by atoms with Crippen molar-refractivity contribution in [3.63, 3.8) is 0 Å². The number of nitrogens with zero attached hydrogens (tertiary/aromatic N) is 2. The molecule has 108 valence electrons. The van der Waals surface area contributed by atoms with Crippen molar-refractivity contribution in [2.75, 3.05) is 14.2 Å². The molecule has 0 bridgehead atoms. The van der Waals surface area contributed by atoms with Gasteiger partial charge in [-0.2, -0.15) is 4.98 Å². The number of nitrogens with two attached hydrogens (primary N) is 1. The fourth-order valence-electron chi connectivity index (χ4n) is 2.05. The van der Waals surface area contributed by atoms with Gasteiger partial charge in [0.05, 0.1) is 26.3 Å². The van der Waals surface area contributed by atoms with E-state index in [-0.39, 0.29) is 6.54 Å². The molecule has 20 heavy (non-hydrogen) atoms. The van der Waals surface area contributed by atoms with Crippen molar-refractivity contribution in [3.8, 4) is 22.9 Å². The molecule has 0 aliphatic rings. The topological polar surface area (TPSA) is 83.4 Å². The van der Waals surface area contributed by atoms with Crippen LogP contribution in [0.15, 0.2) is 16.7 Å². The normalized spacial score (nSPS) is 10.6. The molecule has 1 aromatic heterocycles. The fourth-order valence-corrected chi connectivity index (χ4v) is 2.05. The molecular weight excluding hydrogens is 258 g/mol. The van der Waals surface area contributed by atoms with Crippen LogP contribution in [0.1, 0.15) is 24.8 Å². The maximum Gasteiger partial charge on any atom is 0.240 e. The number of aromatic nitrogens is 2. The van der Waals surface area contributed by atoms with Crippen molar-refractivity contribution in [3.05, 3.63) is 23.6 Å². The first-order chi connectivity index (χ1) is 9.73. The van der Waals surface area contributed by atoms with Crippen molar-refractivity contribution in [2.24, 2.45) is 5.73 Å². The maximum absolute atomic E-state index is 5.48. The van der Waals surface area contributed by atoms with Gasteiger partial charge in [-0.25, -0.2) is 0 Å². The summed E-state index contributed by atoms with van der Waals surface area (Å²) in [5, 5.41) is 3.92. The van der Waals surface area contributed by atoms with Gasteiger partial charge in [-0.3, -0.25) is 0 Å². The lowest BCUT2D eigenvalue weighted by atomic mass is 10.0. The highest BCUT2D eigenvalue weighted by Gasteiger charge is 2.16. The van der Waals surface area contributed by atoms with Gasteiger partial charge in [0.25, 0.3) is 0 Å². The summed E-state index contributed by atoms with van der Waals surface area (Å²) in [5.74, 6) is 2.32. The van der Waals surface area contributed by atoms with Gasteiger partial charge in [0.1, 0.15) is 11.5 Å². The van der Waals surface area contributed by atoms with Gasteiger partial charge < -0.3 is 19.7 Å². The highest BCUT2D eigenvalue weighted by molar-refractivity contribution is 5.67. The van der Waals surface area contributed by atoms with Gasteiger partial charge >= 0.3 is 0 Å². The summed E-state index contributed by atoms with van der Waals surface area (Å²) in [5.41, 5.74) is 7.30. The number of rotatable bonds is 6. The van der Waals surface area contributed by atoms with Crippen LogP contribution >= 0.6 is 0 Å². The minimum absolute atomic E-state index is 0.209. The summed E-state index contributed by atoms with van der Waals surface area (Å²) in [6, 6.07) is 3.82. The van der Waals surface area contributed by atoms with Crippen molar-refractivity contribution >= 4 is 0 Å². The number of hydrogen-bond donors (Lipinski definition) is 1. The number of hydrogen-bond acceptors (Lipinski definition) is 6. The minimum Gasteiger partial charge on any atom is -0.496 e. The van der Waals surface area contributed by atoms with Gasteiger partial charge in [0.15, 0.2) is 0 Å². The monoisotopic (exact) mass is 277 g/mol. The Bertz CT molecular complexity index is 581. The van der Waals surface area contributed by atoms with Crippen LogP contribution < -0.4 is 15.2 Å². The first-order valence-electron chi connectivity index (χ1n) is 6.51. The van der Waals surface area contributed by atoms with Gasteiger partial charge in [-0.15, -0.1) is 0 Å². The van der Waals surface area contributed by atoms with E-state index in [9.17, 15) is 0 Å². The predicted molar refractivity (Wildman–Crippen MR) is 74.7 cm³/mol. The van der Waals surface area contributed by atoms with Gasteiger partial charge in [0, 0.05) is 0 Å². The average molecular weight is 277 g/mol. The number of ether oxygens (including phenoxy) is 2. The average Bonchev–Trinajstić information content (AvgIpc) is 2.95. The molecule has 6 heteroatoms. The molecule has 0 aliphatic heterocycles. The van der Waals surface area contributed by atoms with E-state index in [1.807, 2.05) is 12.1 Å². The van der Waals surface area contributed by atoms with E-state index in [1.54, 1.807) is 14.2 Å². The molecule has 0 amide bonds. The Morgan fingerprint density at radius 2 is 1.95 bits per heavy atom. The number of aryl methyl sites for hydroxylation is 1. The van der Waals surface area contributed by atoms with Crippen LogP contribution in [0.3, 0.4) is 0 Å². The van der Waals surface area contributed by atoms with Crippen LogP contribution in [-0.2, 0) is 13.0 Å². The molecule has 0 aliphatic carbocycles. The third-order valence-electron chi connectivity index (χ3n) is 3.01. The lowest BCUT2D eigenvalue weighted by Crippen LogP contribution is -1.98. The molecule has 1 heterocycles. The van der Waals surface area contributed by atoms with Gasteiger partial charge in [-0.05, 0) is 24.1 Å². The first kappa shape index (κ1) is 14.3. The Kier molecular flexibility index (Phi) is 4.57. The smallest absolute Gasteiger partial charge is 0.240 e. The van der Waals surface area contributed by atoms with Crippen molar-refractivity contribution in [2.45, 2.75) is 26.3 Å². The highest BCUT2D eigenvalue weighted by atomic mass is 16.5. The predicted octanol–water partition coefficient (Wildman–Crippen LogP) is 2.17. The molecule has 2 N–H and O–H groups in total. The number of methoxy groups -OCH3 is 2. The maximum atomic E-state index is 5.48. The lowest BCUT2D eigenvalue weighted by Gasteiger charge is -2.12. The molecule has 6 nitrogen and oxygen atoms in total. The summed E-state index contributed by atoms with van der Waals surface area (Å²) < 4.78 is 15.9. The van der Waals surface area contributed by atoms with Crippen LogP contribution in [0.4, 0.5) is 0 Å². The molecule has 0 fully saturated rings. The van der Waals surface area contributed by atoms with Crippen LogP contribution in [0.2, 0.25) is 0 Å². The largest absolute Gasteiger partial charge is 0.496 e. The molecule has 0 radical (unpaired) electrons. The minimum atomic E-state index is 0.209. The Hall–Kier alpha value is -2.08. The molecule has 0 saturated heterocycles. The van der Waals surface area contributed by atoms with Crippen molar-refractivity contribution < 1.29 is 14.0 Å². The van der Waals surface area contributed by atoms with E-state index >= 15 is 0 Å². The Balaban J connectivity index is 2.50. The summed E-state index contributed by atoms with van der Waals surface area (Å²) in [4.78, 5) is 4.22. The van der Waals surface area contributed by atoms with Crippen LogP contribution in [0, 0.1) is 0 Å². The molecule has 2 rings (SSSR count). The Labute approximate surface area is 117 Å². The zero-order valence-corrected chi connectivity index (χ0v) is 12.0. The van der Waals surface area contributed by atoms with E-state index in [4.69, 9.17) is 19.7 Å². The lowest BCUT2D eigenvalue weighted by molar-refractivity contribution is 0.379. The molecule has 0 saturated carbocycles. The highest BCUT2D eigenvalue weighted by Crippen LogP contribution is 2.35. The molecular formula is C14H19N3O3. The van der Waals surface area contributed by atoms with Crippen LogP contribution in [0.25, 0.3) is 11.4 Å². The Morgan fingerprint density at radius 1 is 1.20 bits per heavy atom. The van der Waals surface area contributed by atoms with Gasteiger partial charge in [0.2, 0.25) is 11.7 Å². The molecule has 0 unspecified atom stereocenters.